The molecule has 2 aromatic rings. The van der Waals surface area contributed by atoms with Gasteiger partial charge in [0, 0.05) is 15.8 Å². The number of hydrogen-bond acceptors (Lipinski definition) is 4. The summed E-state index contributed by atoms with van der Waals surface area (Å²) in [6.07, 6.45) is 3.47. The summed E-state index contributed by atoms with van der Waals surface area (Å²) in [5, 5.41) is 7.73. The van der Waals surface area contributed by atoms with Crippen molar-refractivity contribution in [2.75, 3.05) is 25.1 Å². The van der Waals surface area contributed by atoms with Crippen LogP contribution in [-0.2, 0) is 4.79 Å². The number of piperidine rings is 1. The van der Waals surface area contributed by atoms with E-state index in [2.05, 4.69) is 41.4 Å². The molecule has 4 rings (SSSR count). The van der Waals surface area contributed by atoms with Crippen molar-refractivity contribution in [3.63, 3.8) is 0 Å². The quantitative estimate of drug-likeness (QED) is 0.490. The summed E-state index contributed by atoms with van der Waals surface area (Å²) in [5.74, 6) is -0.209. The maximum Gasteiger partial charge on any atom is 0.312 e. The first-order chi connectivity index (χ1) is 14.3. The summed E-state index contributed by atoms with van der Waals surface area (Å²) in [7, 11) is 2.08. The highest BCUT2D eigenvalue weighted by Gasteiger charge is 2.42. The molecule has 160 valence electrons. The van der Waals surface area contributed by atoms with Gasteiger partial charge in [0.1, 0.15) is 18.8 Å². The molecule has 30 heavy (non-hydrogen) atoms. The molecule has 0 bridgehead atoms. The van der Waals surface area contributed by atoms with Gasteiger partial charge in [0.15, 0.2) is 0 Å². The predicted octanol–water partition coefficient (Wildman–Crippen LogP) is 6.03. The van der Waals surface area contributed by atoms with Crippen LogP contribution in [0, 0.1) is 5.92 Å². The SMILES string of the molecule is CC1C(C(=O)N[N+]2(C)CCCCC2)=NN(c2ccc(Cl)cc2Cl)C1c1ccc(Br)s1. The number of nitrogens with zero attached hydrogens (tertiary/aromatic N) is 3. The summed E-state index contributed by atoms with van der Waals surface area (Å²) >= 11 is 17.8. The van der Waals surface area contributed by atoms with Gasteiger partial charge in [0.05, 0.1) is 27.6 Å². The van der Waals surface area contributed by atoms with E-state index in [-0.39, 0.29) is 17.9 Å². The number of likely N-dealkylation sites (tertiary alicyclic amines) is 1. The summed E-state index contributed by atoms with van der Waals surface area (Å²) in [6, 6.07) is 9.33. The average Bonchev–Trinajstić information content (AvgIpc) is 3.25. The van der Waals surface area contributed by atoms with Gasteiger partial charge in [-0.25, -0.2) is 4.59 Å². The van der Waals surface area contributed by atoms with Crippen LogP contribution in [0.5, 0.6) is 0 Å². The van der Waals surface area contributed by atoms with Gasteiger partial charge in [0.2, 0.25) is 0 Å². The van der Waals surface area contributed by atoms with Gasteiger partial charge in [0.25, 0.3) is 0 Å². The van der Waals surface area contributed by atoms with Crippen LogP contribution in [-0.4, -0.2) is 36.3 Å². The van der Waals surface area contributed by atoms with Crippen molar-refractivity contribution in [2.45, 2.75) is 32.2 Å². The maximum absolute atomic E-state index is 13.3. The molecule has 2 aliphatic rings. The van der Waals surface area contributed by atoms with Gasteiger partial charge in [-0.05, 0) is 65.5 Å². The first-order valence-corrected chi connectivity index (χ1v) is 12.4. The van der Waals surface area contributed by atoms with Crippen molar-refractivity contribution in [3.8, 4) is 0 Å². The van der Waals surface area contributed by atoms with E-state index in [9.17, 15) is 4.79 Å². The highest BCUT2D eigenvalue weighted by molar-refractivity contribution is 9.11. The largest absolute Gasteiger partial charge is 0.312 e. The normalized spacial score (nSPS) is 23.4. The molecule has 0 saturated carbocycles. The van der Waals surface area contributed by atoms with Crippen LogP contribution in [0.1, 0.15) is 37.1 Å². The van der Waals surface area contributed by atoms with Crippen LogP contribution in [0.15, 0.2) is 39.2 Å². The van der Waals surface area contributed by atoms with Crippen molar-refractivity contribution in [1.29, 1.82) is 0 Å². The van der Waals surface area contributed by atoms with E-state index >= 15 is 0 Å². The fourth-order valence-corrected chi connectivity index (χ4v) is 6.34. The Bertz CT molecular complexity index is 989. The molecule has 1 amide bonds. The molecule has 0 radical (unpaired) electrons. The van der Waals surface area contributed by atoms with Crippen LogP contribution >= 0.6 is 50.5 Å². The standard InChI is InChI=1S/C21H23BrCl2N4OS/c1-13-19(21(29)26-28(2)10-4-3-5-11-28)25-27(16-7-6-14(23)12-15(16)24)20(13)17-8-9-18(22)30-17/h6-9,12-13,20H,3-5,10-11H2,1-2H3/p+1. The molecule has 1 N–H and O–H groups in total. The molecular weight excluding hydrogens is 507 g/mol. The number of anilines is 1. The third-order valence-corrected chi connectivity index (χ3v) is 8.07. The van der Waals surface area contributed by atoms with Crippen LogP contribution in [0.3, 0.4) is 0 Å². The van der Waals surface area contributed by atoms with Crippen molar-refractivity contribution < 1.29 is 9.39 Å². The summed E-state index contributed by atoms with van der Waals surface area (Å²) in [6.45, 7) is 3.94. The summed E-state index contributed by atoms with van der Waals surface area (Å²) in [5.41, 5.74) is 4.49. The lowest BCUT2D eigenvalue weighted by Crippen LogP contribution is -2.61. The number of halogens is 3. The van der Waals surface area contributed by atoms with E-state index < -0.39 is 0 Å². The Balaban J connectivity index is 1.69. The number of amides is 1. The topological polar surface area (TPSA) is 44.7 Å². The Morgan fingerprint density at radius 3 is 2.60 bits per heavy atom. The molecule has 0 aliphatic carbocycles. The lowest BCUT2D eigenvalue weighted by Gasteiger charge is -2.36. The van der Waals surface area contributed by atoms with E-state index in [4.69, 9.17) is 28.3 Å². The molecule has 1 aromatic heterocycles. The number of benzene rings is 1. The number of hydrazone groups is 1. The minimum Gasteiger partial charge on any atom is -0.263 e. The molecular formula is C21H24BrCl2N4OS+. The Hall–Kier alpha value is -1.12. The number of nitrogens with one attached hydrogen (secondary N) is 1. The zero-order valence-electron chi connectivity index (χ0n) is 16.9. The van der Waals surface area contributed by atoms with Gasteiger partial charge < -0.3 is 0 Å². The van der Waals surface area contributed by atoms with Gasteiger partial charge in [-0.15, -0.1) is 11.3 Å². The van der Waals surface area contributed by atoms with Gasteiger partial charge in [-0.3, -0.25) is 9.80 Å². The number of hydrogen-bond donors (Lipinski definition) is 1. The molecule has 0 spiro atoms. The Morgan fingerprint density at radius 2 is 1.97 bits per heavy atom. The second kappa shape index (κ2) is 8.79. The van der Waals surface area contributed by atoms with Gasteiger partial charge in [-0.1, -0.05) is 30.1 Å². The molecule has 2 aliphatic heterocycles. The Labute approximate surface area is 199 Å². The molecule has 9 heteroatoms. The van der Waals surface area contributed by atoms with Crippen molar-refractivity contribution in [2.24, 2.45) is 11.0 Å². The van der Waals surface area contributed by atoms with E-state index in [1.807, 2.05) is 17.1 Å². The first-order valence-electron chi connectivity index (χ1n) is 10.0. The maximum atomic E-state index is 13.3. The number of carbonyl (C=O) groups excluding carboxylic acids is 1. The smallest absolute Gasteiger partial charge is 0.263 e. The predicted molar refractivity (Wildman–Crippen MR) is 128 cm³/mol. The zero-order valence-corrected chi connectivity index (χ0v) is 20.8. The summed E-state index contributed by atoms with van der Waals surface area (Å²) < 4.78 is 1.60. The second-order valence-corrected chi connectivity index (χ2v) is 11.5. The molecule has 1 saturated heterocycles. The van der Waals surface area contributed by atoms with E-state index in [0.717, 1.165) is 40.3 Å². The third kappa shape index (κ3) is 4.41. The fraction of sp³-hybridized carbons (Fsp3) is 0.429. The van der Waals surface area contributed by atoms with Crippen LogP contribution in [0.25, 0.3) is 0 Å². The van der Waals surface area contributed by atoms with Crippen LogP contribution < -0.4 is 10.4 Å². The molecule has 3 heterocycles. The minimum absolute atomic E-state index is 0.0984. The number of quaternary nitrogens is 1. The third-order valence-electron chi connectivity index (χ3n) is 5.83. The Kier molecular flexibility index (Phi) is 6.47. The second-order valence-electron chi connectivity index (χ2n) is 8.15. The van der Waals surface area contributed by atoms with Gasteiger partial charge >= 0.3 is 5.91 Å². The van der Waals surface area contributed by atoms with Crippen LogP contribution in [0.4, 0.5) is 5.69 Å². The first kappa shape index (κ1) is 22.1. The lowest BCUT2D eigenvalue weighted by molar-refractivity contribution is -0.947. The molecule has 1 fully saturated rings. The van der Waals surface area contributed by atoms with E-state index in [1.165, 1.54) is 6.42 Å². The number of carbonyl (C=O) groups is 1. The van der Waals surface area contributed by atoms with Gasteiger partial charge in [-0.2, -0.15) is 10.5 Å². The van der Waals surface area contributed by atoms with Crippen molar-refractivity contribution in [1.82, 2.24) is 5.43 Å². The zero-order chi connectivity index (χ0) is 21.5. The van der Waals surface area contributed by atoms with Crippen LogP contribution in [0.2, 0.25) is 10.0 Å². The van der Waals surface area contributed by atoms with Crippen molar-refractivity contribution >= 4 is 67.8 Å². The van der Waals surface area contributed by atoms with Crippen molar-refractivity contribution in [3.05, 3.63) is 49.0 Å². The molecule has 5 nitrogen and oxygen atoms in total. The monoisotopic (exact) mass is 529 g/mol. The number of thiophene rings is 1. The van der Waals surface area contributed by atoms with E-state index in [1.54, 1.807) is 23.5 Å². The highest BCUT2D eigenvalue weighted by Crippen LogP contribution is 2.44. The average molecular weight is 531 g/mol. The molecule has 2 unspecified atom stereocenters. The molecule has 1 aromatic carbocycles. The Morgan fingerprint density at radius 1 is 1.23 bits per heavy atom. The number of rotatable bonds is 4. The fourth-order valence-electron chi connectivity index (χ4n) is 4.23. The highest BCUT2D eigenvalue weighted by atomic mass is 79.9. The minimum atomic E-state index is -0.118. The van der Waals surface area contributed by atoms with E-state index in [0.29, 0.717) is 20.3 Å². The lowest BCUT2D eigenvalue weighted by atomic mass is 9.95. The molecule has 2 atom stereocenters. The summed E-state index contributed by atoms with van der Waals surface area (Å²) in [4.78, 5) is 14.4.